The van der Waals surface area contributed by atoms with Crippen LogP contribution in [0.5, 0.6) is 0 Å². The summed E-state index contributed by atoms with van der Waals surface area (Å²) < 4.78 is 36.4. The second-order valence-corrected chi connectivity index (χ2v) is 4.15. The second kappa shape index (κ2) is 5.57. The maximum Gasteiger partial charge on any atom is 0.282 e. The van der Waals surface area contributed by atoms with Crippen LogP contribution in [0.1, 0.15) is 5.56 Å². The maximum absolute atomic E-state index is 13.0. The third-order valence-electron chi connectivity index (χ3n) is 2.75. The summed E-state index contributed by atoms with van der Waals surface area (Å²) in [4.78, 5) is 0. The minimum Gasteiger partial charge on any atom is -0.427 e. The first-order valence-corrected chi connectivity index (χ1v) is 5.53. The van der Waals surface area contributed by atoms with Crippen LogP contribution in [-0.4, -0.2) is 26.9 Å². The Labute approximate surface area is 99.2 Å². The van der Waals surface area contributed by atoms with Crippen molar-refractivity contribution in [1.82, 2.24) is 0 Å². The minimum atomic E-state index is -0.560. The summed E-state index contributed by atoms with van der Waals surface area (Å²) in [5.74, 6) is -1.02. The molecule has 2 unspecified atom stereocenters. The standard InChI is InChI=1S/C11H14BF2NO2/c13-8-1-7(2-9(14)4-8)3-10(11-5-16-11)12-17-6-15/h1-2,4,10-12H,3,5-6,15H2. The lowest BCUT2D eigenvalue weighted by Crippen LogP contribution is -2.19. The van der Waals surface area contributed by atoms with Gasteiger partial charge < -0.3 is 15.1 Å². The molecule has 1 aliphatic heterocycles. The first-order valence-electron chi connectivity index (χ1n) is 5.53. The number of hydrogen-bond acceptors (Lipinski definition) is 3. The second-order valence-electron chi connectivity index (χ2n) is 4.15. The molecule has 0 saturated carbocycles. The lowest BCUT2D eigenvalue weighted by molar-refractivity contribution is 0.325. The zero-order valence-electron chi connectivity index (χ0n) is 9.36. The number of nitrogens with two attached hydrogens (primary N) is 1. The molecule has 2 atom stereocenters. The Morgan fingerprint density at radius 3 is 2.59 bits per heavy atom. The molecule has 0 aliphatic carbocycles. The highest BCUT2D eigenvalue weighted by molar-refractivity contribution is 6.30. The molecule has 0 radical (unpaired) electrons. The summed E-state index contributed by atoms with van der Waals surface area (Å²) >= 11 is 0. The molecule has 2 rings (SSSR count). The Balaban J connectivity index is 2.00. The average molecular weight is 241 g/mol. The van der Waals surface area contributed by atoms with E-state index in [1.54, 1.807) is 0 Å². The number of epoxide rings is 1. The van der Waals surface area contributed by atoms with E-state index in [2.05, 4.69) is 0 Å². The molecule has 1 aliphatic rings. The molecule has 1 fully saturated rings. The van der Waals surface area contributed by atoms with E-state index in [0.717, 1.165) is 6.07 Å². The van der Waals surface area contributed by atoms with E-state index in [9.17, 15) is 8.78 Å². The number of benzene rings is 1. The molecule has 1 heterocycles. The fourth-order valence-corrected chi connectivity index (χ4v) is 1.88. The van der Waals surface area contributed by atoms with Crippen molar-refractivity contribution in [2.75, 3.05) is 13.3 Å². The Bertz CT molecular complexity index is 367. The van der Waals surface area contributed by atoms with E-state index in [0.29, 0.717) is 26.1 Å². The third-order valence-corrected chi connectivity index (χ3v) is 2.75. The van der Waals surface area contributed by atoms with E-state index in [1.807, 2.05) is 0 Å². The first kappa shape index (κ1) is 12.5. The van der Waals surface area contributed by atoms with Crippen LogP contribution in [0.25, 0.3) is 0 Å². The van der Waals surface area contributed by atoms with Crippen molar-refractivity contribution < 1.29 is 18.2 Å². The Morgan fingerprint density at radius 2 is 2.06 bits per heavy atom. The number of hydrogen-bond donors (Lipinski definition) is 1. The van der Waals surface area contributed by atoms with Crippen LogP contribution in [-0.2, 0) is 15.8 Å². The number of rotatable bonds is 6. The van der Waals surface area contributed by atoms with Gasteiger partial charge in [0.15, 0.2) is 0 Å². The van der Waals surface area contributed by atoms with Gasteiger partial charge in [-0.2, -0.15) is 0 Å². The minimum absolute atomic E-state index is 0.0970. The van der Waals surface area contributed by atoms with Gasteiger partial charge in [-0.05, 0) is 29.9 Å². The average Bonchev–Trinajstić information content (AvgIpc) is 3.06. The van der Waals surface area contributed by atoms with Crippen LogP contribution < -0.4 is 5.73 Å². The number of halogens is 2. The zero-order chi connectivity index (χ0) is 12.3. The highest BCUT2D eigenvalue weighted by Gasteiger charge is 2.33. The molecule has 0 spiro atoms. The van der Waals surface area contributed by atoms with E-state index in [4.69, 9.17) is 15.1 Å². The lowest BCUT2D eigenvalue weighted by atomic mass is 9.73. The molecule has 3 nitrogen and oxygen atoms in total. The van der Waals surface area contributed by atoms with Crippen molar-refractivity contribution in [3.8, 4) is 0 Å². The monoisotopic (exact) mass is 241 g/mol. The zero-order valence-corrected chi connectivity index (χ0v) is 9.36. The highest BCUT2D eigenvalue weighted by Crippen LogP contribution is 2.28. The van der Waals surface area contributed by atoms with Gasteiger partial charge in [0.25, 0.3) is 7.48 Å². The van der Waals surface area contributed by atoms with Crippen molar-refractivity contribution in [3.63, 3.8) is 0 Å². The van der Waals surface area contributed by atoms with Crippen LogP contribution in [0.2, 0.25) is 5.82 Å². The molecule has 2 N–H and O–H groups in total. The van der Waals surface area contributed by atoms with Gasteiger partial charge in [-0.25, -0.2) is 8.78 Å². The van der Waals surface area contributed by atoms with Crippen molar-refractivity contribution in [2.24, 2.45) is 5.73 Å². The van der Waals surface area contributed by atoms with Gasteiger partial charge in [0.2, 0.25) is 0 Å². The molecule has 6 heteroatoms. The molecule has 0 aromatic heterocycles. The van der Waals surface area contributed by atoms with Crippen LogP contribution in [0, 0.1) is 11.6 Å². The first-order chi connectivity index (χ1) is 8.19. The largest absolute Gasteiger partial charge is 0.427 e. The molecule has 0 amide bonds. The topological polar surface area (TPSA) is 47.8 Å². The van der Waals surface area contributed by atoms with Gasteiger partial charge in [0.1, 0.15) is 11.6 Å². The van der Waals surface area contributed by atoms with E-state index < -0.39 is 11.6 Å². The molecule has 92 valence electrons. The Hall–Kier alpha value is -0.975. The normalized spacial score (nSPS) is 20.1. The summed E-state index contributed by atoms with van der Waals surface area (Å²) in [6.07, 6.45) is 0.646. The summed E-state index contributed by atoms with van der Waals surface area (Å²) in [5, 5.41) is 0. The smallest absolute Gasteiger partial charge is 0.282 e. The van der Waals surface area contributed by atoms with E-state index in [-0.39, 0.29) is 18.7 Å². The van der Waals surface area contributed by atoms with Crippen LogP contribution in [0.4, 0.5) is 8.78 Å². The Morgan fingerprint density at radius 1 is 1.41 bits per heavy atom. The quantitative estimate of drug-likeness (QED) is 0.458. The van der Waals surface area contributed by atoms with Crippen molar-refractivity contribution in [3.05, 3.63) is 35.4 Å². The highest BCUT2D eigenvalue weighted by atomic mass is 19.1. The fraction of sp³-hybridized carbons (Fsp3) is 0.455. The summed E-state index contributed by atoms with van der Waals surface area (Å²) in [6, 6.07) is 3.53. The maximum atomic E-state index is 13.0. The molecular weight excluding hydrogens is 227 g/mol. The SMILES string of the molecule is NCOBC(Cc1cc(F)cc(F)c1)C1CO1. The predicted octanol–water partition coefficient (Wildman–Crippen LogP) is 0.979. The van der Waals surface area contributed by atoms with E-state index >= 15 is 0 Å². The van der Waals surface area contributed by atoms with Crippen LogP contribution in [0.3, 0.4) is 0 Å². The molecular formula is C11H14BF2NO2. The van der Waals surface area contributed by atoms with Crippen molar-refractivity contribution >= 4 is 7.48 Å². The third kappa shape index (κ3) is 3.76. The summed E-state index contributed by atoms with van der Waals surface area (Å²) in [7, 11) is 0.444. The Kier molecular flexibility index (Phi) is 4.09. The van der Waals surface area contributed by atoms with Crippen LogP contribution in [0.15, 0.2) is 18.2 Å². The summed E-state index contributed by atoms with van der Waals surface area (Å²) in [6.45, 7) is 0.817. The molecule has 1 saturated heterocycles. The van der Waals surface area contributed by atoms with Crippen molar-refractivity contribution in [2.45, 2.75) is 18.3 Å². The summed E-state index contributed by atoms with van der Waals surface area (Å²) in [5.41, 5.74) is 5.87. The fourth-order valence-electron chi connectivity index (χ4n) is 1.88. The molecule has 17 heavy (non-hydrogen) atoms. The molecule has 0 bridgehead atoms. The molecule has 1 aromatic carbocycles. The van der Waals surface area contributed by atoms with Gasteiger partial charge in [0.05, 0.1) is 19.4 Å². The van der Waals surface area contributed by atoms with Gasteiger partial charge in [-0.3, -0.25) is 0 Å². The van der Waals surface area contributed by atoms with Crippen LogP contribution >= 0.6 is 0 Å². The lowest BCUT2D eigenvalue weighted by Gasteiger charge is -2.12. The predicted molar refractivity (Wildman–Crippen MR) is 60.8 cm³/mol. The van der Waals surface area contributed by atoms with Gasteiger partial charge in [-0.1, -0.05) is 0 Å². The van der Waals surface area contributed by atoms with E-state index in [1.165, 1.54) is 12.1 Å². The molecule has 1 aromatic rings. The van der Waals surface area contributed by atoms with Gasteiger partial charge >= 0.3 is 0 Å². The van der Waals surface area contributed by atoms with Crippen molar-refractivity contribution in [1.29, 1.82) is 0 Å². The van der Waals surface area contributed by atoms with Gasteiger partial charge in [0, 0.05) is 6.07 Å². The number of ether oxygens (including phenoxy) is 1. The van der Waals surface area contributed by atoms with Gasteiger partial charge in [-0.15, -0.1) is 0 Å².